The number of aliphatic imine (C=N–C) groups is 1. The minimum atomic E-state index is 0.681. The second-order valence-corrected chi connectivity index (χ2v) is 6.13. The molecule has 1 aromatic carbocycles. The van der Waals surface area contributed by atoms with Crippen molar-refractivity contribution in [3.05, 3.63) is 35.4 Å². The zero-order valence-electron chi connectivity index (χ0n) is 15.6. The summed E-state index contributed by atoms with van der Waals surface area (Å²) in [5.74, 6) is 0.861. The fourth-order valence-corrected chi connectivity index (χ4v) is 2.80. The van der Waals surface area contributed by atoms with Crippen LogP contribution in [0.5, 0.6) is 0 Å². The lowest BCUT2D eigenvalue weighted by molar-refractivity contribution is 0.0341. The summed E-state index contributed by atoms with van der Waals surface area (Å²) in [6.45, 7) is 9.86. The number of benzene rings is 1. The Balaban J connectivity index is 1.94. The van der Waals surface area contributed by atoms with Crippen molar-refractivity contribution in [3.8, 4) is 0 Å². The van der Waals surface area contributed by atoms with Gasteiger partial charge in [0.05, 0.1) is 19.8 Å². The standard InChI is InChI=1S/C19H32N4O2/c1-3-20-19(21-9-6-12-24-2)22-15-17-7-4-5-8-18(17)16-23-10-13-25-14-11-23/h4-5,7-8H,3,6,9-16H2,1-2H3,(H2,20,21,22). The molecule has 6 heteroatoms. The predicted molar refractivity (Wildman–Crippen MR) is 102 cm³/mol. The van der Waals surface area contributed by atoms with Gasteiger partial charge in [0.25, 0.3) is 0 Å². The van der Waals surface area contributed by atoms with Crippen molar-refractivity contribution in [2.45, 2.75) is 26.4 Å². The Morgan fingerprint density at radius 3 is 2.68 bits per heavy atom. The van der Waals surface area contributed by atoms with Gasteiger partial charge in [-0.3, -0.25) is 4.90 Å². The summed E-state index contributed by atoms with van der Waals surface area (Å²) in [6.07, 6.45) is 0.967. The summed E-state index contributed by atoms with van der Waals surface area (Å²) in [5.41, 5.74) is 2.63. The first kappa shape index (κ1) is 19.7. The van der Waals surface area contributed by atoms with Crippen LogP contribution >= 0.6 is 0 Å². The van der Waals surface area contributed by atoms with Gasteiger partial charge in [0.15, 0.2) is 5.96 Å². The zero-order chi connectivity index (χ0) is 17.7. The molecule has 0 amide bonds. The first-order valence-corrected chi connectivity index (χ1v) is 9.21. The van der Waals surface area contributed by atoms with Crippen LogP contribution in [0.4, 0.5) is 0 Å². The number of ether oxygens (including phenoxy) is 2. The lowest BCUT2D eigenvalue weighted by Crippen LogP contribution is -2.38. The number of hydrogen-bond acceptors (Lipinski definition) is 4. The summed E-state index contributed by atoms with van der Waals surface area (Å²) < 4.78 is 10.5. The van der Waals surface area contributed by atoms with Crippen molar-refractivity contribution in [3.63, 3.8) is 0 Å². The minimum absolute atomic E-state index is 0.681. The Hall–Kier alpha value is -1.63. The highest BCUT2D eigenvalue weighted by Crippen LogP contribution is 2.14. The number of morpholine rings is 1. The number of hydrogen-bond donors (Lipinski definition) is 2. The normalized spacial score (nSPS) is 16.0. The Kier molecular flexibility index (Phi) is 9.33. The molecule has 1 heterocycles. The molecule has 1 aliphatic rings. The average Bonchev–Trinajstić information content (AvgIpc) is 2.65. The maximum Gasteiger partial charge on any atom is 0.191 e. The van der Waals surface area contributed by atoms with Gasteiger partial charge in [-0.05, 0) is 24.5 Å². The minimum Gasteiger partial charge on any atom is -0.385 e. The molecule has 6 nitrogen and oxygen atoms in total. The fourth-order valence-electron chi connectivity index (χ4n) is 2.80. The highest BCUT2D eigenvalue weighted by Gasteiger charge is 2.12. The average molecular weight is 348 g/mol. The van der Waals surface area contributed by atoms with E-state index in [4.69, 9.17) is 14.5 Å². The summed E-state index contributed by atoms with van der Waals surface area (Å²) in [5, 5.41) is 6.66. The third kappa shape index (κ3) is 7.42. The van der Waals surface area contributed by atoms with E-state index >= 15 is 0 Å². The molecule has 25 heavy (non-hydrogen) atoms. The first-order valence-electron chi connectivity index (χ1n) is 9.21. The molecule has 0 unspecified atom stereocenters. The third-order valence-corrected chi connectivity index (χ3v) is 4.19. The molecule has 1 aliphatic heterocycles. The van der Waals surface area contributed by atoms with Crippen molar-refractivity contribution in [1.29, 1.82) is 0 Å². The van der Waals surface area contributed by atoms with Crippen LogP contribution in [-0.2, 0) is 22.6 Å². The van der Waals surface area contributed by atoms with E-state index in [1.54, 1.807) is 7.11 Å². The van der Waals surface area contributed by atoms with E-state index in [2.05, 4.69) is 46.7 Å². The topological polar surface area (TPSA) is 58.1 Å². The van der Waals surface area contributed by atoms with Crippen LogP contribution in [0.3, 0.4) is 0 Å². The van der Waals surface area contributed by atoms with Crippen molar-refractivity contribution in [2.75, 3.05) is 53.1 Å². The number of rotatable bonds is 9. The van der Waals surface area contributed by atoms with Gasteiger partial charge in [0.2, 0.25) is 0 Å². The maximum absolute atomic E-state index is 5.44. The molecule has 2 N–H and O–H groups in total. The molecule has 1 fully saturated rings. The Morgan fingerprint density at radius 1 is 1.20 bits per heavy atom. The van der Waals surface area contributed by atoms with E-state index in [0.717, 1.165) is 64.9 Å². The van der Waals surface area contributed by atoms with E-state index in [1.165, 1.54) is 11.1 Å². The van der Waals surface area contributed by atoms with Gasteiger partial charge < -0.3 is 20.1 Å². The molecular weight excluding hydrogens is 316 g/mol. The smallest absolute Gasteiger partial charge is 0.191 e. The molecule has 0 atom stereocenters. The molecule has 1 saturated heterocycles. The second kappa shape index (κ2) is 11.8. The highest BCUT2D eigenvalue weighted by atomic mass is 16.5. The Labute approximate surface area is 151 Å². The Bertz CT molecular complexity index is 516. The maximum atomic E-state index is 5.44. The van der Waals surface area contributed by atoms with E-state index in [9.17, 15) is 0 Å². The number of nitrogens with zero attached hydrogens (tertiary/aromatic N) is 2. The van der Waals surface area contributed by atoms with Gasteiger partial charge >= 0.3 is 0 Å². The quantitative estimate of drug-likeness (QED) is 0.403. The molecule has 0 aliphatic carbocycles. The van der Waals surface area contributed by atoms with Gasteiger partial charge in [-0.25, -0.2) is 4.99 Å². The number of methoxy groups -OCH3 is 1. The highest BCUT2D eigenvalue weighted by molar-refractivity contribution is 5.79. The van der Waals surface area contributed by atoms with Gasteiger partial charge in [-0.1, -0.05) is 24.3 Å². The first-order chi connectivity index (χ1) is 12.3. The molecule has 2 rings (SSSR count). The number of guanidine groups is 1. The van der Waals surface area contributed by atoms with Crippen LogP contribution in [0, 0.1) is 0 Å². The van der Waals surface area contributed by atoms with Crippen LogP contribution in [0.2, 0.25) is 0 Å². The van der Waals surface area contributed by atoms with E-state index in [0.29, 0.717) is 6.54 Å². The number of nitrogens with one attached hydrogen (secondary N) is 2. The molecule has 1 aromatic rings. The molecule has 140 valence electrons. The van der Waals surface area contributed by atoms with Crippen molar-refractivity contribution in [2.24, 2.45) is 4.99 Å². The zero-order valence-corrected chi connectivity index (χ0v) is 15.6. The van der Waals surface area contributed by atoms with Crippen LogP contribution in [-0.4, -0.2) is 64.0 Å². The molecular formula is C19H32N4O2. The van der Waals surface area contributed by atoms with E-state index < -0.39 is 0 Å². The predicted octanol–water partition coefficient (Wildman–Crippen LogP) is 1.61. The van der Waals surface area contributed by atoms with E-state index in [-0.39, 0.29) is 0 Å². The monoisotopic (exact) mass is 348 g/mol. The summed E-state index contributed by atoms with van der Waals surface area (Å²) in [4.78, 5) is 7.19. The molecule has 0 saturated carbocycles. The lowest BCUT2D eigenvalue weighted by atomic mass is 10.1. The largest absolute Gasteiger partial charge is 0.385 e. The molecule has 0 spiro atoms. The molecule has 0 aromatic heterocycles. The van der Waals surface area contributed by atoms with E-state index in [1.807, 2.05) is 0 Å². The van der Waals surface area contributed by atoms with Crippen molar-refractivity contribution >= 4 is 5.96 Å². The third-order valence-electron chi connectivity index (χ3n) is 4.19. The molecule has 0 bridgehead atoms. The second-order valence-electron chi connectivity index (χ2n) is 6.13. The van der Waals surface area contributed by atoms with Crippen LogP contribution in [0.15, 0.2) is 29.3 Å². The van der Waals surface area contributed by atoms with Crippen LogP contribution in [0.25, 0.3) is 0 Å². The van der Waals surface area contributed by atoms with Gasteiger partial charge in [-0.15, -0.1) is 0 Å². The Morgan fingerprint density at radius 2 is 1.96 bits per heavy atom. The SMILES string of the molecule is CCNC(=NCc1ccccc1CN1CCOCC1)NCCCOC. The van der Waals surface area contributed by atoms with Crippen LogP contribution < -0.4 is 10.6 Å². The molecule has 0 radical (unpaired) electrons. The lowest BCUT2D eigenvalue weighted by Gasteiger charge is -2.27. The van der Waals surface area contributed by atoms with Crippen molar-refractivity contribution < 1.29 is 9.47 Å². The summed E-state index contributed by atoms with van der Waals surface area (Å²) in [7, 11) is 1.73. The van der Waals surface area contributed by atoms with Crippen LogP contribution in [0.1, 0.15) is 24.5 Å². The van der Waals surface area contributed by atoms with Gasteiger partial charge in [0, 0.05) is 46.4 Å². The summed E-state index contributed by atoms with van der Waals surface area (Å²) >= 11 is 0. The van der Waals surface area contributed by atoms with Gasteiger partial charge in [0.1, 0.15) is 0 Å². The fraction of sp³-hybridized carbons (Fsp3) is 0.632. The van der Waals surface area contributed by atoms with Gasteiger partial charge in [-0.2, -0.15) is 0 Å². The summed E-state index contributed by atoms with van der Waals surface area (Å²) in [6, 6.07) is 8.58. The van der Waals surface area contributed by atoms with Crippen molar-refractivity contribution in [1.82, 2.24) is 15.5 Å².